The van der Waals surface area contributed by atoms with E-state index in [1.807, 2.05) is 6.07 Å². The number of likely N-dealkylation sites (tertiary alicyclic amines) is 1. The van der Waals surface area contributed by atoms with E-state index < -0.39 is 5.97 Å². The lowest BCUT2D eigenvalue weighted by atomic mass is 9.98. The van der Waals surface area contributed by atoms with Crippen LogP contribution in [0.2, 0.25) is 0 Å². The average molecular weight is 353 g/mol. The number of carboxylic acid groups (broad SMARTS) is 1. The zero-order chi connectivity index (χ0) is 18.2. The van der Waals surface area contributed by atoms with Gasteiger partial charge in [-0.25, -0.2) is 0 Å². The van der Waals surface area contributed by atoms with Crippen molar-refractivity contribution in [3.05, 3.63) is 71.3 Å². The van der Waals surface area contributed by atoms with Gasteiger partial charge in [0, 0.05) is 13.1 Å². The van der Waals surface area contributed by atoms with Crippen LogP contribution in [0.25, 0.3) is 0 Å². The topological polar surface area (TPSA) is 49.8 Å². The first-order valence-corrected chi connectivity index (χ1v) is 9.35. The molecule has 0 spiro atoms. The van der Waals surface area contributed by atoms with Crippen molar-refractivity contribution in [2.24, 2.45) is 5.92 Å². The second kappa shape index (κ2) is 9.51. The first-order valence-electron chi connectivity index (χ1n) is 9.35. The lowest BCUT2D eigenvalue weighted by molar-refractivity contribution is -0.143. The summed E-state index contributed by atoms with van der Waals surface area (Å²) < 4.78 is 5.83. The molecule has 0 amide bonds. The van der Waals surface area contributed by atoms with E-state index >= 15 is 0 Å². The summed E-state index contributed by atoms with van der Waals surface area (Å²) in [5.41, 5.74) is 3.78. The Kier molecular flexibility index (Phi) is 6.81. The van der Waals surface area contributed by atoms with E-state index in [2.05, 4.69) is 53.4 Å². The average Bonchev–Trinajstić information content (AvgIpc) is 2.67. The molecule has 4 heteroatoms. The lowest BCUT2D eigenvalue weighted by Gasteiger charge is -2.30. The van der Waals surface area contributed by atoms with E-state index in [-0.39, 0.29) is 5.92 Å². The predicted octanol–water partition coefficient (Wildman–Crippen LogP) is 3.59. The van der Waals surface area contributed by atoms with Crippen molar-refractivity contribution < 1.29 is 14.6 Å². The lowest BCUT2D eigenvalue weighted by Crippen LogP contribution is -2.40. The van der Waals surface area contributed by atoms with E-state index in [0.717, 1.165) is 32.4 Å². The highest BCUT2D eigenvalue weighted by atomic mass is 16.5. The van der Waals surface area contributed by atoms with Crippen molar-refractivity contribution in [2.75, 3.05) is 26.2 Å². The van der Waals surface area contributed by atoms with Crippen LogP contribution < -0.4 is 0 Å². The van der Waals surface area contributed by atoms with Crippen molar-refractivity contribution in [1.29, 1.82) is 0 Å². The number of carbonyl (C=O) groups is 1. The molecule has 1 N–H and O–H groups in total. The van der Waals surface area contributed by atoms with Gasteiger partial charge in [0.1, 0.15) is 0 Å². The maximum absolute atomic E-state index is 11.1. The number of nitrogens with zero attached hydrogens (tertiary/aromatic N) is 1. The number of piperidine rings is 1. The van der Waals surface area contributed by atoms with Crippen LogP contribution in [0.5, 0.6) is 0 Å². The number of ether oxygens (including phenoxy) is 1. The Morgan fingerprint density at radius 3 is 2.65 bits per heavy atom. The summed E-state index contributed by atoms with van der Waals surface area (Å²) in [6, 6.07) is 19.0. The zero-order valence-electron chi connectivity index (χ0n) is 15.1. The molecule has 4 nitrogen and oxygen atoms in total. The van der Waals surface area contributed by atoms with Gasteiger partial charge in [-0.2, -0.15) is 0 Å². The van der Waals surface area contributed by atoms with Gasteiger partial charge >= 0.3 is 5.97 Å². The van der Waals surface area contributed by atoms with Crippen LogP contribution in [0.1, 0.15) is 29.5 Å². The highest BCUT2D eigenvalue weighted by Crippen LogP contribution is 2.16. The van der Waals surface area contributed by atoms with Crippen LogP contribution >= 0.6 is 0 Å². The van der Waals surface area contributed by atoms with E-state index in [1.54, 1.807) is 0 Å². The second-order valence-electron chi connectivity index (χ2n) is 7.01. The van der Waals surface area contributed by atoms with E-state index in [9.17, 15) is 4.79 Å². The van der Waals surface area contributed by atoms with Crippen molar-refractivity contribution in [2.45, 2.75) is 25.9 Å². The summed E-state index contributed by atoms with van der Waals surface area (Å²) >= 11 is 0. The van der Waals surface area contributed by atoms with E-state index in [4.69, 9.17) is 9.84 Å². The summed E-state index contributed by atoms with van der Waals surface area (Å²) in [6.07, 6.45) is 2.68. The Morgan fingerprint density at radius 1 is 1.08 bits per heavy atom. The molecule has 138 valence electrons. The van der Waals surface area contributed by atoms with Crippen LogP contribution in [-0.2, 0) is 22.6 Å². The highest BCUT2D eigenvalue weighted by molar-refractivity contribution is 5.70. The summed E-state index contributed by atoms with van der Waals surface area (Å²) in [6.45, 7) is 3.65. The van der Waals surface area contributed by atoms with Crippen molar-refractivity contribution in [1.82, 2.24) is 4.90 Å². The Labute approximate surface area is 155 Å². The number of hydrogen-bond acceptors (Lipinski definition) is 3. The summed E-state index contributed by atoms with van der Waals surface area (Å²) in [5, 5.41) is 9.15. The molecule has 0 radical (unpaired) electrons. The number of rotatable bonds is 8. The SMILES string of the molecule is O=C(O)C1CCCN(CCOCc2cccc(Cc3ccccc3)c2)C1. The molecule has 26 heavy (non-hydrogen) atoms. The molecule has 1 saturated heterocycles. The molecule has 0 bridgehead atoms. The number of aliphatic carboxylic acids is 1. The fourth-order valence-corrected chi connectivity index (χ4v) is 3.50. The summed E-state index contributed by atoms with van der Waals surface area (Å²) in [7, 11) is 0. The quantitative estimate of drug-likeness (QED) is 0.737. The van der Waals surface area contributed by atoms with Gasteiger partial charge in [-0.1, -0.05) is 54.6 Å². The Balaban J connectivity index is 1.42. The first kappa shape index (κ1) is 18.6. The van der Waals surface area contributed by atoms with Gasteiger partial charge < -0.3 is 14.7 Å². The molecule has 1 aliphatic heterocycles. The van der Waals surface area contributed by atoms with E-state index in [1.165, 1.54) is 16.7 Å². The maximum Gasteiger partial charge on any atom is 0.307 e. The largest absolute Gasteiger partial charge is 0.481 e. The Morgan fingerprint density at radius 2 is 1.85 bits per heavy atom. The Bertz CT molecular complexity index is 702. The minimum absolute atomic E-state index is 0.224. The van der Waals surface area contributed by atoms with Crippen LogP contribution in [-0.4, -0.2) is 42.2 Å². The number of hydrogen-bond donors (Lipinski definition) is 1. The van der Waals surface area contributed by atoms with Crippen molar-refractivity contribution >= 4 is 5.97 Å². The molecule has 1 heterocycles. The standard InChI is InChI=1S/C22H27NO3/c24-22(25)21-10-5-11-23(16-21)12-13-26-17-20-9-4-8-19(15-20)14-18-6-2-1-3-7-18/h1-4,6-9,15,21H,5,10-14,16-17H2,(H,24,25). The van der Waals surface area contributed by atoms with Crippen LogP contribution in [0.3, 0.4) is 0 Å². The van der Waals surface area contributed by atoms with Crippen LogP contribution in [0.15, 0.2) is 54.6 Å². The molecule has 1 fully saturated rings. The third-order valence-corrected chi connectivity index (χ3v) is 4.92. The Hall–Kier alpha value is -2.17. The summed E-state index contributed by atoms with van der Waals surface area (Å²) in [4.78, 5) is 13.3. The molecule has 0 aromatic heterocycles. The third kappa shape index (κ3) is 5.68. The van der Waals surface area contributed by atoms with Gasteiger partial charge in [-0.15, -0.1) is 0 Å². The molecular formula is C22H27NO3. The molecule has 1 atom stereocenters. The minimum atomic E-state index is -0.675. The molecule has 2 aromatic carbocycles. The van der Waals surface area contributed by atoms with Gasteiger partial charge in [0.15, 0.2) is 0 Å². The molecule has 3 rings (SSSR count). The third-order valence-electron chi connectivity index (χ3n) is 4.92. The van der Waals surface area contributed by atoms with Gasteiger partial charge in [0.25, 0.3) is 0 Å². The molecule has 1 aliphatic rings. The van der Waals surface area contributed by atoms with Crippen molar-refractivity contribution in [3.8, 4) is 0 Å². The fourth-order valence-electron chi connectivity index (χ4n) is 3.50. The van der Waals surface area contributed by atoms with Crippen molar-refractivity contribution in [3.63, 3.8) is 0 Å². The first-order chi connectivity index (χ1) is 12.7. The predicted molar refractivity (Wildman–Crippen MR) is 102 cm³/mol. The van der Waals surface area contributed by atoms with Crippen LogP contribution in [0.4, 0.5) is 0 Å². The minimum Gasteiger partial charge on any atom is -0.481 e. The summed E-state index contributed by atoms with van der Waals surface area (Å²) in [5.74, 6) is -0.899. The van der Waals surface area contributed by atoms with Crippen LogP contribution in [0, 0.1) is 5.92 Å². The normalized spacial score (nSPS) is 17.9. The van der Waals surface area contributed by atoms with Gasteiger partial charge in [-0.3, -0.25) is 4.79 Å². The molecule has 1 unspecified atom stereocenters. The van der Waals surface area contributed by atoms with Gasteiger partial charge in [0.05, 0.1) is 19.1 Å². The highest BCUT2D eigenvalue weighted by Gasteiger charge is 2.24. The monoisotopic (exact) mass is 353 g/mol. The number of benzene rings is 2. The maximum atomic E-state index is 11.1. The van der Waals surface area contributed by atoms with Gasteiger partial charge in [-0.05, 0) is 42.5 Å². The number of carboxylic acids is 1. The fraction of sp³-hybridized carbons (Fsp3) is 0.409. The smallest absolute Gasteiger partial charge is 0.307 e. The molecule has 0 saturated carbocycles. The zero-order valence-corrected chi connectivity index (χ0v) is 15.1. The molecular weight excluding hydrogens is 326 g/mol. The second-order valence-corrected chi connectivity index (χ2v) is 7.01. The molecule has 0 aliphatic carbocycles. The molecule has 2 aromatic rings. The van der Waals surface area contributed by atoms with E-state index in [0.29, 0.717) is 19.8 Å². The van der Waals surface area contributed by atoms with Gasteiger partial charge in [0.2, 0.25) is 0 Å².